The number of hydrogen-bond acceptors (Lipinski definition) is 2. The van der Waals surface area contributed by atoms with Crippen LogP contribution < -0.4 is 5.73 Å². The molecule has 0 atom stereocenters. The Kier molecular flexibility index (Phi) is 3.63. The summed E-state index contributed by atoms with van der Waals surface area (Å²) in [6.45, 7) is 0. The van der Waals surface area contributed by atoms with Crippen LogP contribution in [0.5, 0.6) is 0 Å². The minimum absolute atomic E-state index is 0.660. The molecule has 100 valence electrons. The van der Waals surface area contributed by atoms with Crippen molar-refractivity contribution in [1.29, 1.82) is 0 Å². The van der Waals surface area contributed by atoms with Gasteiger partial charge in [0.05, 0.1) is 17.6 Å². The number of nitrogens with two attached hydrogens (primary N) is 1. The molecule has 1 aromatic heterocycles. The van der Waals surface area contributed by atoms with E-state index in [0.29, 0.717) is 5.69 Å². The lowest BCUT2D eigenvalue weighted by molar-refractivity contribution is 0.884. The predicted molar refractivity (Wildman–Crippen MR) is 88.8 cm³/mol. The van der Waals surface area contributed by atoms with E-state index < -0.39 is 0 Å². The van der Waals surface area contributed by atoms with Crippen LogP contribution in [0.25, 0.3) is 16.9 Å². The van der Waals surface area contributed by atoms with Gasteiger partial charge in [-0.2, -0.15) is 5.10 Å². The maximum Gasteiger partial charge on any atom is 0.116 e. The van der Waals surface area contributed by atoms with E-state index in [9.17, 15) is 0 Å². The summed E-state index contributed by atoms with van der Waals surface area (Å²) in [5.74, 6) is 0. The predicted octanol–water partition coefficient (Wildman–Crippen LogP) is 4.65. The summed E-state index contributed by atoms with van der Waals surface area (Å²) in [4.78, 5) is 0. The first kappa shape index (κ1) is 13.4. The van der Waals surface area contributed by atoms with Crippen molar-refractivity contribution in [3.63, 3.8) is 0 Å². The summed E-state index contributed by atoms with van der Waals surface area (Å²) in [6.07, 6.45) is 1.83. The minimum Gasteiger partial charge on any atom is -0.396 e. The van der Waals surface area contributed by atoms with Crippen LogP contribution in [0.4, 0.5) is 5.69 Å². The van der Waals surface area contributed by atoms with Gasteiger partial charge in [0.2, 0.25) is 0 Å². The first-order chi connectivity index (χ1) is 9.63. The number of hydrogen-bond donors (Lipinski definition) is 1. The fourth-order valence-corrected chi connectivity index (χ4v) is 2.62. The topological polar surface area (TPSA) is 43.8 Å². The summed E-state index contributed by atoms with van der Waals surface area (Å²) < 4.78 is 3.83. The van der Waals surface area contributed by atoms with E-state index in [-0.39, 0.29) is 0 Å². The molecule has 20 heavy (non-hydrogen) atoms. The largest absolute Gasteiger partial charge is 0.396 e. The molecule has 0 bridgehead atoms. The third kappa shape index (κ3) is 2.64. The Morgan fingerprint density at radius 2 is 1.70 bits per heavy atom. The highest BCUT2D eigenvalue weighted by Crippen LogP contribution is 2.27. The Hall–Kier alpha value is -1.59. The van der Waals surface area contributed by atoms with Crippen molar-refractivity contribution in [3.05, 3.63) is 63.7 Å². The van der Waals surface area contributed by atoms with Crippen molar-refractivity contribution in [2.75, 3.05) is 5.73 Å². The smallest absolute Gasteiger partial charge is 0.116 e. The highest BCUT2D eigenvalue weighted by atomic mass is 79.9. The maximum absolute atomic E-state index is 6.08. The zero-order valence-electron chi connectivity index (χ0n) is 10.4. The average molecular weight is 393 g/mol. The molecule has 1 heterocycles. The van der Waals surface area contributed by atoms with Crippen LogP contribution in [-0.4, -0.2) is 9.78 Å². The Morgan fingerprint density at radius 1 is 0.950 bits per heavy atom. The second-order valence-corrected chi connectivity index (χ2v) is 6.20. The highest BCUT2D eigenvalue weighted by molar-refractivity contribution is 9.10. The molecule has 5 heteroatoms. The number of halogens is 2. The van der Waals surface area contributed by atoms with E-state index in [1.165, 1.54) is 0 Å². The van der Waals surface area contributed by atoms with Crippen LogP contribution >= 0.6 is 31.9 Å². The van der Waals surface area contributed by atoms with E-state index in [4.69, 9.17) is 5.73 Å². The zero-order chi connectivity index (χ0) is 14.1. The van der Waals surface area contributed by atoms with E-state index in [2.05, 4.69) is 37.0 Å². The Morgan fingerprint density at radius 3 is 2.40 bits per heavy atom. The van der Waals surface area contributed by atoms with Crippen molar-refractivity contribution in [1.82, 2.24) is 9.78 Å². The zero-order valence-corrected chi connectivity index (χ0v) is 13.6. The van der Waals surface area contributed by atoms with Crippen LogP contribution in [0.2, 0.25) is 0 Å². The Bertz CT molecular complexity index is 748. The van der Waals surface area contributed by atoms with E-state index >= 15 is 0 Å². The molecule has 0 saturated carbocycles. The van der Waals surface area contributed by atoms with Crippen molar-refractivity contribution < 1.29 is 0 Å². The monoisotopic (exact) mass is 391 g/mol. The number of aromatic nitrogens is 2. The molecule has 3 rings (SSSR count). The number of rotatable bonds is 2. The normalized spacial score (nSPS) is 10.7. The number of anilines is 1. The standard InChI is InChI=1S/C15H11Br2N3/c16-11-6-4-10(5-7-11)15-14(18)9-20(19-15)13-3-1-2-12(17)8-13/h1-9H,18H2. The fourth-order valence-electron chi connectivity index (χ4n) is 1.97. The van der Waals surface area contributed by atoms with Crippen molar-refractivity contribution in [3.8, 4) is 16.9 Å². The van der Waals surface area contributed by atoms with Gasteiger partial charge in [0.25, 0.3) is 0 Å². The number of nitrogens with zero attached hydrogens (tertiary/aromatic N) is 2. The molecule has 0 unspecified atom stereocenters. The number of nitrogen functional groups attached to an aromatic ring is 1. The molecule has 0 amide bonds. The molecular weight excluding hydrogens is 382 g/mol. The van der Waals surface area contributed by atoms with Gasteiger partial charge in [-0.25, -0.2) is 4.68 Å². The van der Waals surface area contributed by atoms with Gasteiger partial charge in [-0.15, -0.1) is 0 Å². The quantitative estimate of drug-likeness (QED) is 0.689. The fraction of sp³-hybridized carbons (Fsp3) is 0. The van der Waals surface area contributed by atoms with Crippen molar-refractivity contribution in [2.24, 2.45) is 0 Å². The first-order valence-electron chi connectivity index (χ1n) is 6.00. The molecule has 3 nitrogen and oxygen atoms in total. The minimum atomic E-state index is 0.660. The average Bonchev–Trinajstić information content (AvgIpc) is 2.82. The lowest BCUT2D eigenvalue weighted by Gasteiger charge is -2.01. The second-order valence-electron chi connectivity index (χ2n) is 4.36. The van der Waals surface area contributed by atoms with Crippen molar-refractivity contribution in [2.45, 2.75) is 0 Å². The third-order valence-electron chi connectivity index (χ3n) is 2.93. The summed E-state index contributed by atoms with van der Waals surface area (Å²) >= 11 is 6.88. The highest BCUT2D eigenvalue weighted by Gasteiger charge is 2.09. The SMILES string of the molecule is Nc1cn(-c2cccc(Br)c2)nc1-c1ccc(Br)cc1. The van der Waals surface area contributed by atoms with Gasteiger partial charge in [0.15, 0.2) is 0 Å². The van der Waals surface area contributed by atoms with E-state index in [1.807, 2.05) is 54.7 Å². The molecule has 0 fully saturated rings. The number of benzene rings is 2. The van der Waals surface area contributed by atoms with Crippen LogP contribution in [0.1, 0.15) is 0 Å². The van der Waals surface area contributed by atoms with Crippen LogP contribution in [0.3, 0.4) is 0 Å². The molecule has 0 saturated heterocycles. The van der Waals surface area contributed by atoms with Gasteiger partial charge in [0, 0.05) is 14.5 Å². The first-order valence-corrected chi connectivity index (χ1v) is 7.59. The van der Waals surface area contributed by atoms with Crippen LogP contribution in [-0.2, 0) is 0 Å². The molecule has 2 aromatic carbocycles. The van der Waals surface area contributed by atoms with E-state index in [1.54, 1.807) is 4.68 Å². The second kappa shape index (κ2) is 5.42. The molecule has 0 aliphatic rings. The molecule has 0 radical (unpaired) electrons. The van der Waals surface area contributed by atoms with E-state index in [0.717, 1.165) is 25.9 Å². The molecule has 0 spiro atoms. The van der Waals surface area contributed by atoms with Gasteiger partial charge in [-0.1, -0.05) is 50.1 Å². The third-order valence-corrected chi connectivity index (χ3v) is 3.95. The molecule has 3 aromatic rings. The molecular formula is C15H11Br2N3. The van der Waals surface area contributed by atoms with Crippen molar-refractivity contribution >= 4 is 37.5 Å². The Balaban J connectivity index is 2.05. The molecule has 0 aliphatic carbocycles. The summed E-state index contributed by atoms with van der Waals surface area (Å²) in [5, 5.41) is 4.58. The molecule has 2 N–H and O–H groups in total. The van der Waals surface area contributed by atoms with Gasteiger partial charge in [-0.3, -0.25) is 0 Å². The maximum atomic E-state index is 6.08. The van der Waals surface area contributed by atoms with Gasteiger partial charge in [0.1, 0.15) is 5.69 Å². The van der Waals surface area contributed by atoms with Gasteiger partial charge >= 0.3 is 0 Å². The lowest BCUT2D eigenvalue weighted by atomic mass is 10.1. The Labute approximate surface area is 133 Å². The van der Waals surface area contributed by atoms with Gasteiger partial charge in [-0.05, 0) is 30.3 Å². The van der Waals surface area contributed by atoms with Crippen LogP contribution in [0, 0.1) is 0 Å². The summed E-state index contributed by atoms with van der Waals surface area (Å²) in [6, 6.07) is 15.9. The summed E-state index contributed by atoms with van der Waals surface area (Å²) in [5.41, 5.74) is 9.50. The van der Waals surface area contributed by atoms with Crippen LogP contribution in [0.15, 0.2) is 63.7 Å². The summed E-state index contributed by atoms with van der Waals surface area (Å²) in [7, 11) is 0. The molecule has 0 aliphatic heterocycles. The lowest BCUT2D eigenvalue weighted by Crippen LogP contribution is -1.94. The van der Waals surface area contributed by atoms with Gasteiger partial charge < -0.3 is 5.73 Å².